The molecule has 1 unspecified atom stereocenters. The lowest BCUT2D eigenvalue weighted by atomic mass is 9.95. The van der Waals surface area contributed by atoms with Gasteiger partial charge in [0.1, 0.15) is 0 Å². The van der Waals surface area contributed by atoms with Crippen molar-refractivity contribution < 1.29 is 4.79 Å². The Kier molecular flexibility index (Phi) is 16.3. The van der Waals surface area contributed by atoms with E-state index in [0.29, 0.717) is 0 Å². The normalized spacial score (nSPS) is 12.5. The topological polar surface area (TPSA) is 17.1 Å². The van der Waals surface area contributed by atoms with E-state index < -0.39 is 0 Å². The summed E-state index contributed by atoms with van der Waals surface area (Å²) in [4.78, 5) is 11.5. The van der Waals surface area contributed by atoms with Crippen molar-refractivity contribution in [3.05, 3.63) is 0 Å². The Labute approximate surface area is 138 Å². The highest BCUT2D eigenvalue weighted by Gasteiger charge is 2.15. The van der Waals surface area contributed by atoms with Crippen molar-refractivity contribution in [2.45, 2.75) is 110 Å². The molecular formula is C19H37ClO. The lowest BCUT2D eigenvalue weighted by molar-refractivity contribution is -0.115. The van der Waals surface area contributed by atoms with Gasteiger partial charge >= 0.3 is 0 Å². The first-order valence-corrected chi connectivity index (χ1v) is 9.79. The molecule has 0 aromatic heterocycles. The monoisotopic (exact) mass is 316 g/mol. The molecule has 0 aromatic rings. The number of hydrogen-bond acceptors (Lipinski definition) is 1. The Morgan fingerprint density at radius 2 is 1.00 bits per heavy atom. The van der Waals surface area contributed by atoms with Crippen LogP contribution in [0.4, 0.5) is 0 Å². The van der Waals surface area contributed by atoms with Gasteiger partial charge in [-0.1, -0.05) is 97.3 Å². The second-order valence-corrected chi connectivity index (χ2v) is 6.84. The average Bonchev–Trinajstić information content (AvgIpc) is 2.47. The molecule has 0 rings (SSSR count). The van der Waals surface area contributed by atoms with E-state index >= 15 is 0 Å². The summed E-state index contributed by atoms with van der Waals surface area (Å²) in [7, 11) is 0. The zero-order chi connectivity index (χ0) is 15.8. The lowest BCUT2D eigenvalue weighted by Crippen LogP contribution is -2.08. The van der Waals surface area contributed by atoms with Crippen LogP contribution in [0, 0.1) is 5.92 Å². The molecule has 0 spiro atoms. The second-order valence-electron chi connectivity index (χ2n) is 6.47. The van der Waals surface area contributed by atoms with Gasteiger partial charge in [-0.2, -0.15) is 0 Å². The molecule has 0 radical (unpaired) electrons. The van der Waals surface area contributed by atoms with Crippen LogP contribution in [-0.4, -0.2) is 5.24 Å². The van der Waals surface area contributed by atoms with Crippen LogP contribution in [0.1, 0.15) is 110 Å². The smallest absolute Gasteiger partial charge is 0.224 e. The molecule has 0 N–H and O–H groups in total. The van der Waals surface area contributed by atoms with Crippen LogP contribution < -0.4 is 0 Å². The Morgan fingerprint density at radius 1 is 0.667 bits per heavy atom. The van der Waals surface area contributed by atoms with Gasteiger partial charge in [0.05, 0.1) is 0 Å². The summed E-state index contributed by atoms with van der Waals surface area (Å²) < 4.78 is 0. The highest BCUT2D eigenvalue weighted by molar-refractivity contribution is 6.63. The molecule has 0 aliphatic rings. The standard InChI is InChI=1S/C19H37ClO/c1-3-5-7-9-11-13-15-17-18(19(20)21)16-14-12-10-8-6-4-2/h18H,3-17H2,1-2H3. The third kappa shape index (κ3) is 14.7. The predicted molar refractivity (Wildman–Crippen MR) is 95.0 cm³/mol. The van der Waals surface area contributed by atoms with Gasteiger partial charge in [-0.25, -0.2) is 0 Å². The fourth-order valence-corrected chi connectivity index (χ4v) is 3.11. The third-order valence-electron chi connectivity index (χ3n) is 4.38. The molecule has 126 valence electrons. The van der Waals surface area contributed by atoms with Crippen molar-refractivity contribution in [2.24, 2.45) is 5.92 Å². The van der Waals surface area contributed by atoms with Crippen molar-refractivity contribution >= 4 is 16.8 Å². The van der Waals surface area contributed by atoms with Crippen LogP contribution in [0.25, 0.3) is 0 Å². The summed E-state index contributed by atoms with van der Waals surface area (Å²) in [5.74, 6) is 0.119. The molecule has 1 atom stereocenters. The van der Waals surface area contributed by atoms with Crippen LogP contribution in [0.15, 0.2) is 0 Å². The number of carbonyl (C=O) groups excluding carboxylic acids is 1. The Balaban J connectivity index is 3.52. The van der Waals surface area contributed by atoms with Gasteiger partial charge in [0.15, 0.2) is 0 Å². The highest BCUT2D eigenvalue weighted by atomic mass is 35.5. The van der Waals surface area contributed by atoms with Gasteiger partial charge in [-0.15, -0.1) is 0 Å². The van der Waals surface area contributed by atoms with E-state index in [0.717, 1.165) is 12.8 Å². The van der Waals surface area contributed by atoms with Crippen LogP contribution >= 0.6 is 11.6 Å². The minimum absolute atomic E-state index is 0.102. The lowest BCUT2D eigenvalue weighted by Gasteiger charge is -2.12. The zero-order valence-electron chi connectivity index (χ0n) is 14.5. The summed E-state index contributed by atoms with van der Waals surface area (Å²) in [5.41, 5.74) is 0. The largest absolute Gasteiger partial charge is 0.281 e. The molecule has 0 saturated heterocycles. The first-order valence-electron chi connectivity index (χ1n) is 9.41. The second kappa shape index (κ2) is 16.3. The van der Waals surface area contributed by atoms with Crippen LogP contribution in [-0.2, 0) is 4.79 Å². The van der Waals surface area contributed by atoms with E-state index in [2.05, 4.69) is 13.8 Å². The Bertz CT molecular complexity index is 228. The van der Waals surface area contributed by atoms with Gasteiger partial charge < -0.3 is 0 Å². The molecule has 0 fully saturated rings. The van der Waals surface area contributed by atoms with Crippen molar-refractivity contribution in [3.8, 4) is 0 Å². The first-order chi connectivity index (χ1) is 10.2. The maximum absolute atomic E-state index is 11.5. The molecule has 0 aliphatic heterocycles. The molecule has 0 heterocycles. The summed E-state index contributed by atoms with van der Waals surface area (Å²) in [6.07, 6.45) is 18.9. The Morgan fingerprint density at radius 3 is 1.33 bits per heavy atom. The predicted octanol–water partition coefficient (Wildman–Crippen LogP) is 7.26. The SMILES string of the molecule is CCCCCCCCCC(CCCCCCCC)C(=O)Cl. The number of rotatable bonds is 16. The number of carbonyl (C=O) groups is 1. The van der Waals surface area contributed by atoms with Crippen LogP contribution in [0.2, 0.25) is 0 Å². The quantitative estimate of drug-likeness (QED) is 0.216. The molecular weight excluding hydrogens is 280 g/mol. The maximum atomic E-state index is 11.5. The number of halogens is 1. The van der Waals surface area contributed by atoms with E-state index in [4.69, 9.17) is 11.6 Å². The van der Waals surface area contributed by atoms with Crippen LogP contribution in [0.3, 0.4) is 0 Å². The molecule has 0 aromatic carbocycles. The van der Waals surface area contributed by atoms with E-state index in [1.54, 1.807) is 0 Å². The van der Waals surface area contributed by atoms with Crippen molar-refractivity contribution in [2.75, 3.05) is 0 Å². The van der Waals surface area contributed by atoms with E-state index in [1.165, 1.54) is 83.5 Å². The number of unbranched alkanes of at least 4 members (excludes halogenated alkanes) is 11. The molecule has 2 heteroatoms. The van der Waals surface area contributed by atoms with E-state index in [-0.39, 0.29) is 11.2 Å². The number of hydrogen-bond donors (Lipinski definition) is 0. The average molecular weight is 317 g/mol. The van der Waals surface area contributed by atoms with Crippen LogP contribution in [0.5, 0.6) is 0 Å². The molecule has 0 aliphatic carbocycles. The van der Waals surface area contributed by atoms with E-state index in [1.807, 2.05) is 0 Å². The molecule has 1 nitrogen and oxygen atoms in total. The van der Waals surface area contributed by atoms with Gasteiger partial charge in [-0.05, 0) is 24.4 Å². The van der Waals surface area contributed by atoms with Crippen molar-refractivity contribution in [1.82, 2.24) is 0 Å². The minimum atomic E-state index is -0.102. The first kappa shape index (κ1) is 21.0. The summed E-state index contributed by atoms with van der Waals surface area (Å²) in [5, 5.41) is -0.102. The summed E-state index contributed by atoms with van der Waals surface area (Å²) >= 11 is 5.75. The van der Waals surface area contributed by atoms with Gasteiger partial charge in [-0.3, -0.25) is 4.79 Å². The summed E-state index contributed by atoms with van der Waals surface area (Å²) in [6, 6.07) is 0. The van der Waals surface area contributed by atoms with Gasteiger partial charge in [0.25, 0.3) is 0 Å². The van der Waals surface area contributed by atoms with Crippen molar-refractivity contribution in [3.63, 3.8) is 0 Å². The van der Waals surface area contributed by atoms with Gasteiger partial charge in [0, 0.05) is 5.92 Å². The summed E-state index contributed by atoms with van der Waals surface area (Å²) in [6.45, 7) is 4.49. The molecule has 0 saturated carbocycles. The molecule has 21 heavy (non-hydrogen) atoms. The molecule has 0 amide bonds. The van der Waals surface area contributed by atoms with Crippen molar-refractivity contribution in [1.29, 1.82) is 0 Å². The molecule has 0 bridgehead atoms. The Hall–Kier alpha value is -0.0400. The van der Waals surface area contributed by atoms with E-state index in [9.17, 15) is 4.79 Å². The zero-order valence-corrected chi connectivity index (χ0v) is 15.2. The minimum Gasteiger partial charge on any atom is -0.281 e. The van der Waals surface area contributed by atoms with Gasteiger partial charge in [0.2, 0.25) is 5.24 Å². The highest BCUT2D eigenvalue weighted by Crippen LogP contribution is 2.21. The third-order valence-corrected chi connectivity index (χ3v) is 4.69. The fourth-order valence-electron chi connectivity index (χ4n) is 2.89. The maximum Gasteiger partial charge on any atom is 0.224 e. The fraction of sp³-hybridized carbons (Fsp3) is 0.947.